The molecule has 212 valence electrons. The molecular weight excluding hydrogens is 566 g/mol. The highest BCUT2D eigenvalue weighted by Gasteiger charge is 2.42. The van der Waals surface area contributed by atoms with Crippen LogP contribution >= 0.6 is 0 Å². The molecule has 0 saturated heterocycles. The second-order valence-corrected chi connectivity index (χ2v) is 8.61. The maximum Gasteiger partial charge on any atom is 0.418 e. The highest BCUT2D eigenvalue weighted by molar-refractivity contribution is 6.14. The maximum atomic E-state index is 14.4. The fourth-order valence-electron chi connectivity index (χ4n) is 4.15. The number of rotatable bonds is 4. The standard InChI is InChI=1S/C29H16F6N4O3/c30-28(31,32)19-5-1-3-7-21(19)38(22-8-4-2-6-20(22)29(33,34)35)27(42)39(23-11-9-17(15-36)13-25(23)40)24-12-10-18(16-37)14-26(24)41/h1-14,40-41H. The van der Waals surface area contributed by atoms with Gasteiger partial charge in [0.05, 0.1) is 57.1 Å². The quantitative estimate of drug-likeness (QED) is 0.237. The molecule has 0 heterocycles. The highest BCUT2D eigenvalue weighted by atomic mass is 19.4. The zero-order chi connectivity index (χ0) is 30.8. The van der Waals surface area contributed by atoms with Crippen molar-refractivity contribution in [2.45, 2.75) is 12.4 Å². The highest BCUT2D eigenvalue weighted by Crippen LogP contribution is 2.46. The summed E-state index contributed by atoms with van der Waals surface area (Å²) in [5.74, 6) is -1.53. The summed E-state index contributed by atoms with van der Waals surface area (Å²) >= 11 is 0. The Morgan fingerprint density at radius 1 is 0.595 bits per heavy atom. The minimum absolute atomic E-state index is 0.0885. The molecule has 7 nitrogen and oxygen atoms in total. The first-order chi connectivity index (χ1) is 19.8. The number of carbonyl (C=O) groups excluding carboxylic acids is 1. The molecule has 0 fully saturated rings. The van der Waals surface area contributed by atoms with Gasteiger partial charge in [0.15, 0.2) is 0 Å². The van der Waals surface area contributed by atoms with Crippen molar-refractivity contribution in [1.29, 1.82) is 10.5 Å². The Bertz CT molecular complexity index is 1640. The topological polar surface area (TPSA) is 112 Å². The summed E-state index contributed by atoms with van der Waals surface area (Å²) in [6.07, 6.45) is -10.2. The largest absolute Gasteiger partial charge is 0.506 e. The van der Waals surface area contributed by atoms with Crippen LogP contribution < -0.4 is 9.80 Å². The van der Waals surface area contributed by atoms with Crippen molar-refractivity contribution >= 4 is 28.8 Å². The third-order valence-corrected chi connectivity index (χ3v) is 5.97. The number of phenolic OH excluding ortho intramolecular Hbond substituents is 2. The van der Waals surface area contributed by atoms with Crippen LogP contribution in [0.5, 0.6) is 11.5 Å². The smallest absolute Gasteiger partial charge is 0.418 e. The Morgan fingerprint density at radius 2 is 0.952 bits per heavy atom. The van der Waals surface area contributed by atoms with Gasteiger partial charge < -0.3 is 10.2 Å². The number of alkyl halides is 6. The van der Waals surface area contributed by atoms with E-state index >= 15 is 0 Å². The van der Waals surface area contributed by atoms with Crippen LogP contribution in [-0.2, 0) is 12.4 Å². The van der Waals surface area contributed by atoms with Crippen LogP contribution in [0, 0.1) is 22.7 Å². The van der Waals surface area contributed by atoms with Gasteiger partial charge in [0.2, 0.25) is 0 Å². The van der Waals surface area contributed by atoms with E-state index in [4.69, 9.17) is 0 Å². The van der Waals surface area contributed by atoms with Crippen LogP contribution in [0.2, 0.25) is 0 Å². The van der Waals surface area contributed by atoms with Crippen molar-refractivity contribution in [2.75, 3.05) is 9.80 Å². The number of aromatic hydroxyl groups is 2. The van der Waals surface area contributed by atoms with Crippen molar-refractivity contribution in [3.05, 3.63) is 107 Å². The van der Waals surface area contributed by atoms with E-state index in [-0.39, 0.29) is 16.0 Å². The maximum absolute atomic E-state index is 14.4. The minimum atomic E-state index is -5.12. The third kappa shape index (κ3) is 5.62. The molecule has 4 aromatic rings. The number of carbonyl (C=O) groups is 1. The molecule has 0 aliphatic rings. The molecule has 0 atom stereocenters. The van der Waals surface area contributed by atoms with Gasteiger partial charge in [0.25, 0.3) is 0 Å². The van der Waals surface area contributed by atoms with Crippen molar-refractivity contribution < 1.29 is 41.4 Å². The number of anilines is 4. The Kier molecular flexibility index (Phi) is 7.71. The lowest BCUT2D eigenvalue weighted by molar-refractivity contribution is -0.137. The van der Waals surface area contributed by atoms with Crippen LogP contribution in [0.25, 0.3) is 0 Å². The fraction of sp³-hybridized carbons (Fsp3) is 0.0690. The molecule has 0 aliphatic carbocycles. The number of nitrogens with zero attached hydrogens (tertiary/aromatic N) is 4. The molecule has 0 radical (unpaired) electrons. The lowest BCUT2D eigenvalue weighted by atomic mass is 10.1. The van der Waals surface area contributed by atoms with Gasteiger partial charge in [-0.3, -0.25) is 9.80 Å². The summed E-state index contributed by atoms with van der Waals surface area (Å²) in [5, 5.41) is 39.8. The summed E-state index contributed by atoms with van der Waals surface area (Å²) in [4.78, 5) is 15.0. The summed E-state index contributed by atoms with van der Waals surface area (Å²) in [5.41, 5.74) is -6.07. The van der Waals surface area contributed by atoms with Gasteiger partial charge in [-0.05, 0) is 60.7 Å². The van der Waals surface area contributed by atoms with Crippen LogP contribution in [0.4, 0.5) is 53.9 Å². The molecule has 0 aliphatic heterocycles. The average molecular weight is 582 g/mol. The van der Waals surface area contributed by atoms with E-state index in [1.54, 1.807) is 12.1 Å². The SMILES string of the molecule is N#Cc1ccc(N(C(=O)N(c2ccccc2C(F)(F)F)c2ccccc2C(F)(F)F)c2ccc(C#N)cc2O)c(O)c1. The molecule has 0 spiro atoms. The molecule has 2 N–H and O–H groups in total. The van der Waals surface area contributed by atoms with Crippen LogP contribution in [-0.4, -0.2) is 16.2 Å². The van der Waals surface area contributed by atoms with E-state index in [0.29, 0.717) is 17.0 Å². The van der Waals surface area contributed by atoms with E-state index in [9.17, 15) is 51.9 Å². The minimum Gasteiger partial charge on any atom is -0.506 e. The monoisotopic (exact) mass is 582 g/mol. The number of urea groups is 1. The van der Waals surface area contributed by atoms with Gasteiger partial charge >= 0.3 is 18.4 Å². The fourth-order valence-corrected chi connectivity index (χ4v) is 4.15. The Labute approximate surface area is 233 Å². The molecule has 2 amide bonds. The molecule has 42 heavy (non-hydrogen) atoms. The summed E-state index contributed by atoms with van der Waals surface area (Å²) in [7, 11) is 0. The van der Waals surface area contributed by atoms with E-state index in [0.717, 1.165) is 72.8 Å². The average Bonchev–Trinajstić information content (AvgIpc) is 2.94. The van der Waals surface area contributed by atoms with Crippen LogP contribution in [0.3, 0.4) is 0 Å². The van der Waals surface area contributed by atoms with Gasteiger partial charge in [-0.25, -0.2) is 4.79 Å². The van der Waals surface area contributed by atoms with Crippen LogP contribution in [0.15, 0.2) is 84.9 Å². The van der Waals surface area contributed by atoms with Gasteiger partial charge in [-0.15, -0.1) is 0 Å². The molecule has 0 aromatic heterocycles. The second-order valence-electron chi connectivity index (χ2n) is 8.61. The van der Waals surface area contributed by atoms with Crippen molar-refractivity contribution in [3.8, 4) is 23.6 Å². The number of halogens is 6. The number of hydrogen-bond donors (Lipinski definition) is 2. The van der Waals surface area contributed by atoms with E-state index in [2.05, 4.69) is 0 Å². The second kappa shape index (κ2) is 11.1. The Morgan fingerprint density at radius 3 is 1.29 bits per heavy atom. The Hall–Kier alpha value is -5.69. The molecule has 0 saturated carbocycles. The summed E-state index contributed by atoms with van der Waals surface area (Å²) < 4.78 is 84.9. The molecule has 4 rings (SSSR count). The molecule has 13 heteroatoms. The first-order valence-corrected chi connectivity index (χ1v) is 11.7. The van der Waals surface area contributed by atoms with Crippen LogP contribution in [0.1, 0.15) is 22.3 Å². The van der Waals surface area contributed by atoms with E-state index in [1.807, 2.05) is 0 Å². The summed E-state index contributed by atoms with van der Waals surface area (Å²) in [6, 6.07) is 14.9. The number of phenols is 2. The third-order valence-electron chi connectivity index (χ3n) is 5.97. The van der Waals surface area contributed by atoms with Gasteiger partial charge in [0, 0.05) is 0 Å². The lowest BCUT2D eigenvalue weighted by Gasteiger charge is -2.34. The van der Waals surface area contributed by atoms with Crippen molar-refractivity contribution in [3.63, 3.8) is 0 Å². The lowest BCUT2D eigenvalue weighted by Crippen LogP contribution is -2.40. The molecule has 0 bridgehead atoms. The molecule has 4 aromatic carbocycles. The predicted octanol–water partition coefficient (Wildman–Crippen LogP) is 7.98. The number of amides is 2. The van der Waals surface area contributed by atoms with Crippen molar-refractivity contribution in [1.82, 2.24) is 0 Å². The normalized spacial score (nSPS) is 11.3. The number of nitriles is 2. The van der Waals surface area contributed by atoms with E-state index in [1.165, 1.54) is 0 Å². The van der Waals surface area contributed by atoms with Gasteiger partial charge in [-0.1, -0.05) is 24.3 Å². The first kappa shape index (κ1) is 29.3. The number of benzene rings is 4. The zero-order valence-corrected chi connectivity index (χ0v) is 20.9. The molecule has 0 unspecified atom stereocenters. The van der Waals surface area contributed by atoms with Gasteiger partial charge in [-0.2, -0.15) is 36.9 Å². The number of para-hydroxylation sites is 2. The first-order valence-electron chi connectivity index (χ1n) is 11.7. The Balaban J connectivity index is 2.10. The predicted molar refractivity (Wildman–Crippen MR) is 138 cm³/mol. The van der Waals surface area contributed by atoms with Gasteiger partial charge in [0.1, 0.15) is 11.5 Å². The number of hydrogen-bond acceptors (Lipinski definition) is 5. The van der Waals surface area contributed by atoms with E-state index < -0.39 is 63.8 Å². The van der Waals surface area contributed by atoms with Crippen molar-refractivity contribution in [2.24, 2.45) is 0 Å². The molecular formula is C29H16F6N4O3. The summed E-state index contributed by atoms with van der Waals surface area (Å²) in [6.45, 7) is 0. The zero-order valence-electron chi connectivity index (χ0n) is 20.9.